The Morgan fingerprint density at radius 3 is 3.00 bits per heavy atom. The van der Waals surface area contributed by atoms with E-state index in [4.69, 9.17) is 9.47 Å². The van der Waals surface area contributed by atoms with Crippen molar-refractivity contribution >= 4 is 10.9 Å². The first-order chi connectivity index (χ1) is 9.79. The van der Waals surface area contributed by atoms with Crippen molar-refractivity contribution in [3.63, 3.8) is 0 Å². The molecule has 0 bridgehead atoms. The standard InChI is InChI=1S/C15H20N2O3/c1-2-17-13-6-4-3-5-11(13)12(16-17)9-14(18)15-10-19-7-8-20-15/h3-6,14-15,18H,2,7-10H2,1H3. The number of aliphatic hydroxyl groups excluding tert-OH is 1. The van der Waals surface area contributed by atoms with Crippen molar-refractivity contribution in [2.45, 2.75) is 32.1 Å². The van der Waals surface area contributed by atoms with Crippen molar-refractivity contribution in [2.75, 3.05) is 19.8 Å². The largest absolute Gasteiger partial charge is 0.390 e. The number of ether oxygens (including phenoxy) is 2. The van der Waals surface area contributed by atoms with Gasteiger partial charge < -0.3 is 14.6 Å². The molecule has 0 radical (unpaired) electrons. The highest BCUT2D eigenvalue weighted by atomic mass is 16.6. The summed E-state index contributed by atoms with van der Waals surface area (Å²) in [7, 11) is 0. The molecule has 1 N–H and O–H groups in total. The fraction of sp³-hybridized carbons (Fsp3) is 0.533. The van der Waals surface area contributed by atoms with E-state index < -0.39 is 6.10 Å². The quantitative estimate of drug-likeness (QED) is 0.916. The van der Waals surface area contributed by atoms with E-state index in [9.17, 15) is 5.11 Å². The van der Waals surface area contributed by atoms with Crippen LogP contribution >= 0.6 is 0 Å². The van der Waals surface area contributed by atoms with Crippen LogP contribution in [0.15, 0.2) is 24.3 Å². The third-order valence-corrected chi connectivity index (χ3v) is 3.71. The number of hydrogen-bond acceptors (Lipinski definition) is 4. The summed E-state index contributed by atoms with van der Waals surface area (Å²) in [5.74, 6) is 0. The lowest BCUT2D eigenvalue weighted by molar-refractivity contribution is -0.131. The van der Waals surface area contributed by atoms with Crippen LogP contribution in [-0.4, -0.2) is 46.9 Å². The van der Waals surface area contributed by atoms with Crippen molar-refractivity contribution in [1.29, 1.82) is 0 Å². The second-order valence-electron chi connectivity index (χ2n) is 5.04. The molecule has 2 unspecified atom stereocenters. The van der Waals surface area contributed by atoms with E-state index in [1.54, 1.807) is 0 Å². The predicted molar refractivity (Wildman–Crippen MR) is 75.7 cm³/mol. The zero-order valence-corrected chi connectivity index (χ0v) is 11.7. The van der Waals surface area contributed by atoms with Gasteiger partial charge in [-0.2, -0.15) is 5.10 Å². The Morgan fingerprint density at radius 2 is 2.25 bits per heavy atom. The molecule has 0 spiro atoms. The predicted octanol–water partition coefficient (Wildman–Crippen LogP) is 1.37. The van der Waals surface area contributed by atoms with Gasteiger partial charge >= 0.3 is 0 Å². The van der Waals surface area contributed by atoms with Crippen LogP contribution in [-0.2, 0) is 22.4 Å². The van der Waals surface area contributed by atoms with Crippen LogP contribution in [0.25, 0.3) is 10.9 Å². The number of aryl methyl sites for hydroxylation is 1. The number of para-hydroxylation sites is 1. The normalized spacial score (nSPS) is 21.2. The Labute approximate surface area is 118 Å². The minimum atomic E-state index is -0.584. The second-order valence-corrected chi connectivity index (χ2v) is 5.04. The van der Waals surface area contributed by atoms with Gasteiger partial charge in [-0.3, -0.25) is 4.68 Å². The van der Waals surface area contributed by atoms with E-state index in [2.05, 4.69) is 24.2 Å². The average Bonchev–Trinajstić information content (AvgIpc) is 2.86. The van der Waals surface area contributed by atoms with Gasteiger partial charge in [-0.1, -0.05) is 18.2 Å². The van der Waals surface area contributed by atoms with Crippen LogP contribution in [0, 0.1) is 0 Å². The van der Waals surface area contributed by atoms with Crippen molar-refractivity contribution in [3.05, 3.63) is 30.0 Å². The van der Waals surface area contributed by atoms with Crippen molar-refractivity contribution in [1.82, 2.24) is 9.78 Å². The molecule has 1 aliphatic rings. The Morgan fingerprint density at radius 1 is 1.40 bits per heavy atom. The van der Waals surface area contributed by atoms with Gasteiger partial charge in [0.05, 0.1) is 37.1 Å². The molecule has 5 nitrogen and oxygen atoms in total. The smallest absolute Gasteiger partial charge is 0.107 e. The molecule has 0 saturated carbocycles. The zero-order valence-electron chi connectivity index (χ0n) is 11.7. The lowest BCUT2D eigenvalue weighted by Crippen LogP contribution is -2.39. The summed E-state index contributed by atoms with van der Waals surface area (Å²) in [5.41, 5.74) is 2.03. The molecule has 1 aromatic heterocycles. The third-order valence-electron chi connectivity index (χ3n) is 3.71. The highest BCUT2D eigenvalue weighted by Gasteiger charge is 2.25. The molecule has 3 rings (SSSR count). The van der Waals surface area contributed by atoms with Crippen molar-refractivity contribution < 1.29 is 14.6 Å². The van der Waals surface area contributed by atoms with Gasteiger partial charge in [0.2, 0.25) is 0 Å². The summed E-state index contributed by atoms with van der Waals surface area (Å²) in [4.78, 5) is 0. The molecular weight excluding hydrogens is 256 g/mol. The first kappa shape index (κ1) is 13.5. The molecule has 1 aromatic carbocycles. The molecule has 2 aromatic rings. The van der Waals surface area contributed by atoms with Crippen LogP contribution in [0.5, 0.6) is 0 Å². The lowest BCUT2D eigenvalue weighted by atomic mass is 10.1. The van der Waals surface area contributed by atoms with Crippen LogP contribution < -0.4 is 0 Å². The minimum Gasteiger partial charge on any atom is -0.390 e. The van der Waals surface area contributed by atoms with E-state index in [0.29, 0.717) is 26.2 Å². The maximum absolute atomic E-state index is 10.3. The molecule has 5 heteroatoms. The van der Waals surface area contributed by atoms with E-state index in [1.165, 1.54) is 0 Å². The number of fused-ring (bicyclic) bond motifs is 1. The Bertz CT molecular complexity index is 576. The average molecular weight is 276 g/mol. The summed E-state index contributed by atoms with van der Waals surface area (Å²) >= 11 is 0. The lowest BCUT2D eigenvalue weighted by Gasteiger charge is -2.26. The van der Waals surface area contributed by atoms with Crippen LogP contribution in [0.1, 0.15) is 12.6 Å². The monoisotopic (exact) mass is 276 g/mol. The Balaban J connectivity index is 1.83. The van der Waals surface area contributed by atoms with E-state index in [0.717, 1.165) is 23.1 Å². The molecular formula is C15H20N2O3. The summed E-state index contributed by atoms with van der Waals surface area (Å²) in [6.45, 7) is 4.49. The summed E-state index contributed by atoms with van der Waals surface area (Å²) < 4.78 is 12.9. The number of aliphatic hydroxyl groups is 1. The van der Waals surface area contributed by atoms with Gasteiger partial charge in [0.1, 0.15) is 6.10 Å². The molecule has 1 saturated heterocycles. The number of aromatic nitrogens is 2. The molecule has 20 heavy (non-hydrogen) atoms. The summed E-state index contributed by atoms with van der Waals surface area (Å²) in [6, 6.07) is 8.12. The Kier molecular flexibility index (Phi) is 4.00. The first-order valence-corrected chi connectivity index (χ1v) is 7.11. The van der Waals surface area contributed by atoms with Crippen molar-refractivity contribution in [3.8, 4) is 0 Å². The van der Waals surface area contributed by atoms with Crippen molar-refractivity contribution in [2.24, 2.45) is 0 Å². The third kappa shape index (κ3) is 2.57. The number of hydrogen-bond donors (Lipinski definition) is 1. The molecule has 2 atom stereocenters. The molecule has 1 fully saturated rings. The summed E-state index contributed by atoms with van der Waals surface area (Å²) in [6.07, 6.45) is -0.352. The van der Waals surface area contributed by atoms with Gasteiger partial charge in [-0.25, -0.2) is 0 Å². The van der Waals surface area contributed by atoms with E-state index in [-0.39, 0.29) is 6.10 Å². The van der Waals surface area contributed by atoms with Crippen LogP contribution in [0.4, 0.5) is 0 Å². The second kappa shape index (κ2) is 5.91. The van der Waals surface area contributed by atoms with Crippen LogP contribution in [0.3, 0.4) is 0 Å². The van der Waals surface area contributed by atoms with E-state index >= 15 is 0 Å². The highest BCUT2D eigenvalue weighted by molar-refractivity contribution is 5.82. The van der Waals surface area contributed by atoms with Gasteiger partial charge in [0.25, 0.3) is 0 Å². The molecule has 0 aliphatic carbocycles. The topological polar surface area (TPSA) is 56.5 Å². The van der Waals surface area contributed by atoms with Gasteiger partial charge in [0, 0.05) is 18.4 Å². The molecule has 108 valence electrons. The van der Waals surface area contributed by atoms with Crippen LogP contribution in [0.2, 0.25) is 0 Å². The highest BCUT2D eigenvalue weighted by Crippen LogP contribution is 2.21. The maximum atomic E-state index is 10.3. The maximum Gasteiger partial charge on any atom is 0.107 e. The minimum absolute atomic E-state index is 0.255. The first-order valence-electron chi connectivity index (χ1n) is 7.11. The van der Waals surface area contributed by atoms with E-state index in [1.807, 2.05) is 16.8 Å². The molecule has 0 amide bonds. The fourth-order valence-electron chi connectivity index (χ4n) is 2.65. The van der Waals surface area contributed by atoms with Gasteiger partial charge in [-0.05, 0) is 13.0 Å². The molecule has 2 heterocycles. The summed E-state index contributed by atoms with van der Waals surface area (Å²) in [5, 5.41) is 16.0. The van der Waals surface area contributed by atoms with Gasteiger partial charge in [0.15, 0.2) is 0 Å². The SMILES string of the molecule is CCn1nc(CC(O)C2COCCO2)c2ccccc21. The zero-order chi connectivity index (χ0) is 13.9. The number of rotatable bonds is 4. The number of nitrogens with zero attached hydrogens (tertiary/aromatic N) is 2. The fourth-order valence-corrected chi connectivity index (χ4v) is 2.65. The molecule has 1 aliphatic heterocycles. The van der Waals surface area contributed by atoms with Gasteiger partial charge in [-0.15, -0.1) is 0 Å². The number of benzene rings is 1. The Hall–Kier alpha value is -1.43.